The Morgan fingerprint density at radius 2 is 1.00 bits per heavy atom. The molecule has 5 unspecified atom stereocenters. The summed E-state index contributed by atoms with van der Waals surface area (Å²) in [4.78, 5) is 101. The Bertz CT molecular complexity index is 3270. The quantitative estimate of drug-likeness (QED) is 0.00710. The zero-order valence-corrected chi connectivity index (χ0v) is 52.4. The van der Waals surface area contributed by atoms with E-state index in [4.69, 9.17) is 66.2 Å². The van der Waals surface area contributed by atoms with Gasteiger partial charge in [0.25, 0.3) is 11.8 Å². The number of nitrogens with one attached hydrogen (secondary N) is 1. The zero-order valence-electron chi connectivity index (χ0n) is 48.5. The number of benzene rings is 2. The molecule has 1 fully saturated rings. The summed E-state index contributed by atoms with van der Waals surface area (Å²) >= 11 is 5.35. The molecule has 4 amide bonds. The van der Waals surface area contributed by atoms with Crippen molar-refractivity contribution in [2.75, 3.05) is 32.1 Å². The minimum Gasteiger partial charge on any atom is -0.587 e. The Morgan fingerprint density at radius 3 is 1.38 bits per heavy atom. The van der Waals surface area contributed by atoms with Crippen molar-refractivity contribution < 1.29 is 111 Å². The van der Waals surface area contributed by atoms with Crippen molar-refractivity contribution in [2.45, 2.75) is 82.0 Å². The van der Waals surface area contributed by atoms with Gasteiger partial charge in [0.1, 0.15) is 55.7 Å². The summed E-state index contributed by atoms with van der Waals surface area (Å²) < 4.78 is 4.98. The number of rotatable bonds is 27. The molecule has 4 aromatic heterocycles. The van der Waals surface area contributed by atoms with Crippen molar-refractivity contribution in [1.82, 2.24) is 48.4 Å². The summed E-state index contributed by atoms with van der Waals surface area (Å²) in [7, 11) is 29.3. The Balaban J connectivity index is 0.000000252. The second-order valence-corrected chi connectivity index (χ2v) is 20.6. The number of aliphatic hydroxyl groups excluding tert-OH is 4. The molecule has 3 aliphatic rings. The summed E-state index contributed by atoms with van der Waals surface area (Å²) in [6.07, 6.45) is 9.91. The third-order valence-electron chi connectivity index (χ3n) is 13.7. The molecule has 7 heterocycles. The van der Waals surface area contributed by atoms with Crippen LogP contribution in [-0.4, -0.2) is 234 Å². The van der Waals surface area contributed by atoms with Gasteiger partial charge in [-0.05, 0) is 44.8 Å². The van der Waals surface area contributed by atoms with Gasteiger partial charge in [-0.3, -0.25) is 14.5 Å². The van der Waals surface area contributed by atoms with Crippen LogP contribution in [0.25, 0.3) is 5.32 Å². The van der Waals surface area contributed by atoms with E-state index in [9.17, 15) is 69.8 Å². The SMILES string of the molecule is NCC(O)Cn1ccnc1[N+](=O)[O-].O=C1[N-]C(=O)c2ccccc21.O=C1c2ccccc2C(=O)N1CC(O)Cn1ccnc1[N+](=O)[O-].O=[N+]([O-])c1nccn1CC(O)CCl.[B]B([B])B([B])B(B([B])[B])B1CC1CCCCNCC(O)Cn1ccnc1[N+](=O)[O-].[K+]. The van der Waals surface area contributed by atoms with E-state index in [2.05, 4.69) is 30.6 Å². The van der Waals surface area contributed by atoms with E-state index < -0.39 is 92.8 Å². The van der Waals surface area contributed by atoms with Crippen LogP contribution >= 0.6 is 11.6 Å². The van der Waals surface area contributed by atoms with Crippen LogP contribution in [0.3, 0.4) is 0 Å². The number of nitro groups is 4. The van der Waals surface area contributed by atoms with E-state index in [1.807, 2.05) is 0 Å². The minimum absolute atomic E-state index is 0. The topological polar surface area (TPSA) is 448 Å². The number of nitrogens with zero attached hydrogens (tertiary/aromatic N) is 14. The fourth-order valence-corrected chi connectivity index (χ4v) is 9.48. The number of alkyl halides is 1. The number of carbonyl (C=O) groups excluding carboxylic acids is 4. The van der Waals surface area contributed by atoms with Crippen molar-refractivity contribution in [2.24, 2.45) is 5.73 Å². The van der Waals surface area contributed by atoms with Crippen molar-refractivity contribution in [3.8, 4) is 0 Å². The number of aliphatic hydroxyl groups is 4. The van der Waals surface area contributed by atoms with Gasteiger partial charge in [-0.2, -0.15) is 0 Å². The average molecular weight is 1270 g/mol. The normalized spacial score (nSPS) is 14.5. The molecule has 0 spiro atoms. The summed E-state index contributed by atoms with van der Waals surface area (Å²) in [5.41, 5.74) is 6.57. The van der Waals surface area contributed by atoms with E-state index in [-0.39, 0.29) is 121 Å². The second kappa shape index (κ2) is 37.1. The van der Waals surface area contributed by atoms with Crippen molar-refractivity contribution in [3.63, 3.8) is 0 Å². The molecular formula is C46H54B10ClKN16O16. The van der Waals surface area contributed by atoms with Gasteiger partial charge >= 0.3 is 75.2 Å². The van der Waals surface area contributed by atoms with Gasteiger partial charge in [0.05, 0.1) is 86.5 Å². The fraction of sp³-hybridized carbons (Fsp3) is 0.391. The number of nitrogens with two attached hydrogens (primary N) is 1. The number of aromatic nitrogens is 8. The van der Waals surface area contributed by atoms with Gasteiger partial charge in [-0.25, -0.2) is 18.3 Å². The molecule has 9 rings (SSSR count). The maximum atomic E-state index is 12.2. The molecule has 3 aliphatic heterocycles. The first-order valence-electron chi connectivity index (χ1n) is 27.2. The predicted molar refractivity (Wildman–Crippen MR) is 332 cm³/mol. The van der Waals surface area contributed by atoms with Gasteiger partial charge in [0, 0.05) is 88.4 Å². The van der Waals surface area contributed by atoms with Crippen LogP contribution in [0.4, 0.5) is 23.8 Å². The van der Waals surface area contributed by atoms with E-state index in [1.165, 1.54) is 63.3 Å². The molecule has 2 aromatic carbocycles. The Labute approximate surface area is 570 Å². The molecule has 5 atom stereocenters. The number of imidazole rings is 4. The third-order valence-corrected chi connectivity index (χ3v) is 14.1. The van der Waals surface area contributed by atoms with Crippen LogP contribution in [0.5, 0.6) is 0 Å². The first kappa shape index (κ1) is 76.0. The van der Waals surface area contributed by atoms with Crippen LogP contribution in [0.2, 0.25) is 12.1 Å². The molecule has 0 aliphatic carbocycles. The molecule has 0 saturated carbocycles. The molecular weight excluding hydrogens is 1220 g/mol. The summed E-state index contributed by atoms with van der Waals surface area (Å²) in [5.74, 6) is -2.48. The molecule has 1 saturated heterocycles. The number of halogens is 1. The molecule has 6 aromatic rings. The fourth-order valence-electron chi connectivity index (χ4n) is 9.39. The summed E-state index contributed by atoms with van der Waals surface area (Å²) in [6.45, 7) is 1.45. The van der Waals surface area contributed by atoms with E-state index in [1.54, 1.807) is 48.5 Å². The van der Waals surface area contributed by atoms with Crippen molar-refractivity contribution in [1.29, 1.82) is 0 Å². The van der Waals surface area contributed by atoms with Crippen LogP contribution in [-0.2, 0) is 26.2 Å². The van der Waals surface area contributed by atoms with E-state index in [0.29, 0.717) is 41.2 Å². The molecule has 32 nitrogen and oxygen atoms in total. The van der Waals surface area contributed by atoms with Crippen LogP contribution < -0.4 is 62.4 Å². The largest absolute Gasteiger partial charge is 1.00 e. The summed E-state index contributed by atoms with van der Waals surface area (Å²) in [6, 6.07) is 13.0. The number of imide groups is 2. The number of amides is 4. The maximum Gasteiger partial charge on any atom is 1.00 e. The van der Waals surface area contributed by atoms with Crippen LogP contribution in [0.1, 0.15) is 60.7 Å². The molecule has 0 bridgehead atoms. The van der Waals surface area contributed by atoms with Gasteiger partial charge in [0.2, 0.25) is 0 Å². The molecule has 10 radical (unpaired) electrons. The number of unbranched alkanes of at least 4 members (excludes halogenated alkanes) is 1. The first-order valence-corrected chi connectivity index (χ1v) is 27.8. The van der Waals surface area contributed by atoms with Gasteiger partial charge in [-0.15, -0.1) is 11.6 Å². The first-order chi connectivity index (χ1) is 42.3. The minimum atomic E-state index is -1.15. The van der Waals surface area contributed by atoms with Gasteiger partial charge in [0.15, 0.2) is 0 Å². The number of fused-ring (bicyclic) bond motifs is 2. The van der Waals surface area contributed by atoms with Crippen LogP contribution in [0.15, 0.2) is 98.1 Å². The molecule has 90 heavy (non-hydrogen) atoms. The number of β-amino-alcohol motifs (C(OH)–C–C–N with tert-alkyl or cyclic N) is 1. The number of carbonyl (C=O) groups is 4. The predicted octanol–water partition coefficient (Wildman–Crippen LogP) is -4.28. The van der Waals surface area contributed by atoms with Gasteiger partial charge in [-0.1, -0.05) is 81.3 Å². The average Bonchev–Trinajstić information content (AvgIpc) is 1.77. The Morgan fingerprint density at radius 1 is 0.611 bits per heavy atom. The van der Waals surface area contributed by atoms with Crippen molar-refractivity contribution >= 4 is 130 Å². The molecule has 452 valence electrons. The Kier molecular flexibility index (Phi) is 31.3. The van der Waals surface area contributed by atoms with Gasteiger partial charge < -0.3 is 86.8 Å². The standard InChI is InChI=1S/C14H12N4O5.C12H20B10N4O3.C8H5NO2.C6H8ClN3O3.C6H10N4O3.K/c19-9(7-16-6-5-15-14(16)18(22)23)8-17-12(20)10-3-1-2-4-11(10)13(17)21;13-19(14)21(17)22(20(15)16)18-7-10(18)3-1-2-4-23-8-11(27)9-25-6-5-24-12(25)26(28)29;10-7-5-3-1-2-4-6(5)8(11)9-7;2*7-3-5(11)4-9-2-1-8-6(9)10(12)13;/h1-6,9,19H,7-8H2;5-6,10-11,23,27H,1-4,7-9H2;1-4H,(H,9,10,11);1-2,5,11H,3-4H2;1-2,5,11H,3-4,7H2;/q;;;;;+1/p-1. The summed E-state index contributed by atoms with van der Waals surface area (Å²) in [5, 5.41) is 87.2. The number of hydrogen-bond donors (Lipinski definition) is 6. The third kappa shape index (κ3) is 22.1. The Hall–Kier alpha value is -6.50. The number of hydrogen-bond acceptors (Lipinski definition) is 22. The van der Waals surface area contributed by atoms with E-state index in [0.717, 1.165) is 41.6 Å². The van der Waals surface area contributed by atoms with E-state index >= 15 is 0 Å². The molecule has 44 heteroatoms. The van der Waals surface area contributed by atoms with Crippen LogP contribution in [0, 0.1) is 40.5 Å². The zero-order chi connectivity index (χ0) is 65.6. The molecule has 7 N–H and O–H groups in total. The monoisotopic (exact) mass is 1270 g/mol. The maximum absolute atomic E-state index is 12.2. The van der Waals surface area contributed by atoms with Crippen molar-refractivity contribution in [3.05, 3.63) is 166 Å². The second-order valence-electron chi connectivity index (χ2n) is 20.3. The smallest absolute Gasteiger partial charge is 0.587 e.